The lowest BCUT2D eigenvalue weighted by molar-refractivity contribution is -1.18. The summed E-state index contributed by atoms with van der Waals surface area (Å²) >= 11 is 0. The molecular formula is C14H21ClN4O4. The number of carbonyl (C=O) groups is 1. The van der Waals surface area contributed by atoms with Crippen molar-refractivity contribution < 1.29 is 37.5 Å². The summed E-state index contributed by atoms with van der Waals surface area (Å²) in [5.41, 5.74) is -1.28. The van der Waals surface area contributed by atoms with E-state index < -0.39 is 16.6 Å². The fourth-order valence-corrected chi connectivity index (χ4v) is 3.51. The molecule has 0 amide bonds. The summed E-state index contributed by atoms with van der Waals surface area (Å²) < 4.78 is -0.651. The highest BCUT2D eigenvalue weighted by atomic mass is 35.5. The van der Waals surface area contributed by atoms with Crippen LogP contribution in [0.1, 0.15) is 20.3 Å². The lowest BCUT2D eigenvalue weighted by atomic mass is 9.98. The number of hydrogen-bond donors (Lipinski definition) is 3. The molecule has 0 radical (unpaired) electrons. The maximum Gasteiger partial charge on any atom is 0.249 e. The van der Waals surface area contributed by atoms with Crippen LogP contribution in [0.5, 0.6) is 0 Å². The number of halogens is 1. The molecule has 8 nitrogen and oxygen atoms in total. The third-order valence-corrected chi connectivity index (χ3v) is 4.49. The summed E-state index contributed by atoms with van der Waals surface area (Å²) in [5.74, 6) is 0.168. The Balaban J connectivity index is 0.00000192. The number of nitrogens with zero attached hydrogens (tertiary/aromatic N) is 4. The summed E-state index contributed by atoms with van der Waals surface area (Å²) in [6.07, 6.45) is 8.28. The number of aliphatic hydroxyl groups is 1. The van der Waals surface area contributed by atoms with Crippen molar-refractivity contribution in [1.82, 2.24) is 15.0 Å². The van der Waals surface area contributed by atoms with E-state index >= 15 is 0 Å². The van der Waals surface area contributed by atoms with Crippen LogP contribution in [0.3, 0.4) is 0 Å². The summed E-state index contributed by atoms with van der Waals surface area (Å²) in [6, 6.07) is 0. The van der Waals surface area contributed by atoms with Gasteiger partial charge in [-0.25, -0.2) is 0 Å². The minimum atomic E-state index is -1.28. The molecule has 4 aliphatic heterocycles. The minimum Gasteiger partial charge on any atom is -1.00 e. The number of hydroxylamine groups is 4. The van der Waals surface area contributed by atoms with Crippen LogP contribution in [0, 0.1) is 0 Å². The van der Waals surface area contributed by atoms with Gasteiger partial charge in [-0.2, -0.15) is 10.3 Å². The molecule has 4 aliphatic rings. The molecule has 0 saturated carbocycles. The lowest BCUT2D eigenvalue weighted by Crippen LogP contribution is -3.00. The van der Waals surface area contributed by atoms with Gasteiger partial charge in [0.05, 0.1) is 6.61 Å². The molecule has 1 fully saturated rings. The molecule has 23 heavy (non-hydrogen) atoms. The third-order valence-electron chi connectivity index (χ3n) is 4.49. The Morgan fingerprint density at radius 3 is 2.65 bits per heavy atom. The standard InChI is InChI=1S/C14H21N4O4.ClH/c1-3-13-16(21)12-10-18(13,22)17(12)14(11(2)20)6-4-5-7-15(14)8-9-19;/h4-7,10,13,19,21-22H,3,8-9H2,1-2H3;1H/q+1;/p-1. The highest BCUT2D eigenvalue weighted by molar-refractivity contribution is 5.88. The molecule has 1 saturated heterocycles. The van der Waals surface area contributed by atoms with E-state index in [2.05, 4.69) is 0 Å². The Bertz CT molecular complexity index is 595. The van der Waals surface area contributed by atoms with Gasteiger partial charge in [0.1, 0.15) is 0 Å². The van der Waals surface area contributed by atoms with Gasteiger partial charge in [0.15, 0.2) is 5.78 Å². The Morgan fingerprint density at radius 1 is 1.43 bits per heavy atom. The monoisotopic (exact) mass is 344 g/mol. The second-order valence-electron chi connectivity index (χ2n) is 5.63. The smallest absolute Gasteiger partial charge is 0.249 e. The van der Waals surface area contributed by atoms with Gasteiger partial charge in [-0.3, -0.25) is 10.0 Å². The summed E-state index contributed by atoms with van der Waals surface area (Å²) in [4.78, 5) is 14.2. The van der Waals surface area contributed by atoms with Gasteiger partial charge < -0.3 is 22.4 Å². The average Bonchev–Trinajstić information content (AvgIpc) is 2.84. The molecule has 4 rings (SSSR count). The Morgan fingerprint density at radius 2 is 2.13 bits per heavy atom. The fraction of sp³-hybridized carbons (Fsp3) is 0.500. The Labute approximate surface area is 140 Å². The summed E-state index contributed by atoms with van der Waals surface area (Å²) in [7, 11) is 0. The fourth-order valence-electron chi connectivity index (χ4n) is 3.51. The van der Waals surface area contributed by atoms with Crippen LogP contribution in [0.25, 0.3) is 0 Å². The van der Waals surface area contributed by atoms with Crippen molar-refractivity contribution in [1.29, 1.82) is 0 Å². The number of quaternary nitrogens is 1. The van der Waals surface area contributed by atoms with Crippen molar-refractivity contribution in [3.63, 3.8) is 0 Å². The van der Waals surface area contributed by atoms with E-state index in [0.717, 1.165) is 5.06 Å². The number of carbonyl (C=O) groups excluding carboxylic acids is 1. The van der Waals surface area contributed by atoms with Crippen molar-refractivity contribution in [2.24, 2.45) is 0 Å². The van der Waals surface area contributed by atoms with Crippen LogP contribution in [0.15, 0.2) is 36.4 Å². The van der Waals surface area contributed by atoms with E-state index in [1.165, 1.54) is 18.1 Å². The predicted octanol–water partition coefficient (Wildman–Crippen LogP) is -2.67. The van der Waals surface area contributed by atoms with Crippen molar-refractivity contribution in [2.45, 2.75) is 32.1 Å². The zero-order chi connectivity index (χ0) is 16.1. The highest BCUT2D eigenvalue weighted by Gasteiger charge is 2.72. The van der Waals surface area contributed by atoms with Gasteiger partial charge in [0.2, 0.25) is 23.8 Å². The zero-order valence-corrected chi connectivity index (χ0v) is 13.8. The number of fused-ring (bicyclic) bond motifs is 1. The molecular weight excluding hydrogens is 324 g/mol. The minimum absolute atomic E-state index is 0. The predicted molar refractivity (Wildman–Crippen MR) is 75.2 cm³/mol. The normalized spacial score (nSPS) is 34.2. The molecule has 0 aromatic carbocycles. The molecule has 9 heteroatoms. The van der Waals surface area contributed by atoms with Crippen LogP contribution < -0.4 is 12.4 Å². The van der Waals surface area contributed by atoms with E-state index in [0.29, 0.717) is 12.2 Å². The van der Waals surface area contributed by atoms with Gasteiger partial charge in [0, 0.05) is 19.2 Å². The number of aliphatic hydroxyl groups excluding tert-OH is 1. The molecule has 3 unspecified atom stereocenters. The van der Waals surface area contributed by atoms with Crippen molar-refractivity contribution in [2.75, 3.05) is 13.2 Å². The second kappa shape index (κ2) is 5.81. The Hall–Kier alpha value is -1.58. The largest absolute Gasteiger partial charge is 1.00 e. The highest BCUT2D eigenvalue weighted by Crippen LogP contribution is 2.50. The third kappa shape index (κ3) is 2.03. The first-order valence-corrected chi connectivity index (χ1v) is 7.31. The Kier molecular flexibility index (Phi) is 4.49. The first kappa shape index (κ1) is 17.8. The number of Topliss-reactive ketones (excluding diaryl/α,β-unsaturated/α-hetero) is 1. The molecule has 0 aromatic heterocycles. The second-order valence-corrected chi connectivity index (χ2v) is 5.63. The molecule has 4 heterocycles. The topological polar surface area (TPSA) is 87.5 Å². The van der Waals surface area contributed by atoms with Gasteiger partial charge in [-0.05, 0) is 23.8 Å². The van der Waals surface area contributed by atoms with Crippen LogP contribution in [0.2, 0.25) is 0 Å². The number of β-amino-alcohol motifs (C(OH)–C–C–N with tert-alkyl or cyclic N) is 1. The molecule has 128 valence electrons. The summed E-state index contributed by atoms with van der Waals surface area (Å²) in [5, 5.41) is 32.9. The molecule has 2 bridgehead atoms. The van der Waals surface area contributed by atoms with E-state index in [9.17, 15) is 20.3 Å². The first-order chi connectivity index (χ1) is 10.4. The van der Waals surface area contributed by atoms with E-state index in [1.807, 2.05) is 6.92 Å². The van der Waals surface area contributed by atoms with E-state index in [-0.39, 0.29) is 31.3 Å². The summed E-state index contributed by atoms with van der Waals surface area (Å²) in [6.45, 7) is 3.38. The van der Waals surface area contributed by atoms with Crippen molar-refractivity contribution in [3.05, 3.63) is 36.4 Å². The number of hydrogen-bond acceptors (Lipinski definition) is 7. The molecule has 3 atom stereocenters. The zero-order valence-electron chi connectivity index (χ0n) is 13.0. The number of ketones is 1. The van der Waals surface area contributed by atoms with Gasteiger partial charge in [0.25, 0.3) is 0 Å². The van der Waals surface area contributed by atoms with E-state index in [1.54, 1.807) is 29.3 Å². The van der Waals surface area contributed by atoms with E-state index in [4.69, 9.17) is 0 Å². The van der Waals surface area contributed by atoms with Crippen LogP contribution in [0.4, 0.5) is 0 Å². The molecule has 0 spiro atoms. The lowest BCUT2D eigenvalue weighted by Gasteiger charge is -2.51. The van der Waals surface area contributed by atoms with Crippen molar-refractivity contribution in [3.8, 4) is 0 Å². The maximum absolute atomic E-state index is 12.5. The quantitative estimate of drug-likeness (QED) is 0.469. The van der Waals surface area contributed by atoms with Gasteiger partial charge in [-0.15, -0.1) is 5.01 Å². The van der Waals surface area contributed by atoms with Gasteiger partial charge >= 0.3 is 0 Å². The van der Waals surface area contributed by atoms with Gasteiger partial charge in [-0.1, -0.05) is 13.0 Å². The van der Waals surface area contributed by atoms with Crippen LogP contribution in [-0.2, 0) is 4.79 Å². The van der Waals surface area contributed by atoms with Crippen LogP contribution in [-0.4, -0.2) is 66.0 Å². The maximum atomic E-state index is 12.5. The number of allylic oxidation sites excluding steroid dienone is 2. The SMILES string of the molecule is CCC1N(O)C2=C[N+]1(O)N2C1(C(C)=O)C=CC=CN1CCO.[Cl-]. The van der Waals surface area contributed by atoms with Crippen LogP contribution >= 0.6 is 0 Å². The molecule has 0 aliphatic carbocycles. The average molecular weight is 345 g/mol. The van der Waals surface area contributed by atoms with Crippen molar-refractivity contribution >= 4 is 5.78 Å². The molecule has 0 aromatic rings. The first-order valence-electron chi connectivity index (χ1n) is 7.31. The molecule has 3 N–H and O–H groups in total. The number of rotatable bonds is 5.